The molecule has 1 saturated heterocycles. The molecule has 0 aromatic carbocycles. The van der Waals surface area contributed by atoms with Crippen LogP contribution >= 0.6 is 0 Å². The Hall–Kier alpha value is -1.80. The molecule has 1 fully saturated rings. The lowest BCUT2D eigenvalue weighted by atomic mass is 10.0. The van der Waals surface area contributed by atoms with Crippen molar-refractivity contribution in [1.82, 2.24) is 9.80 Å². The van der Waals surface area contributed by atoms with E-state index in [1.165, 1.54) is 0 Å². The Balaban J connectivity index is 2.15. The Morgan fingerprint density at radius 3 is 3.00 bits per heavy atom. The van der Waals surface area contributed by atoms with Crippen LogP contribution in [-0.2, 0) is 11.3 Å². The number of likely N-dealkylation sites (N-methyl/N-ethyl adjacent to an activating group) is 1. The van der Waals surface area contributed by atoms with E-state index in [4.69, 9.17) is 9.68 Å². The van der Waals surface area contributed by atoms with Crippen molar-refractivity contribution in [3.8, 4) is 6.07 Å². The summed E-state index contributed by atoms with van der Waals surface area (Å²) in [6.07, 6.45) is 1.84. The van der Waals surface area contributed by atoms with E-state index in [2.05, 4.69) is 6.07 Å². The SMILES string of the molecule is CC1CN(Cc2ccco2)C(CC#N)C(=O)N1C. The van der Waals surface area contributed by atoms with Gasteiger partial charge in [0.1, 0.15) is 11.8 Å². The maximum atomic E-state index is 12.2. The molecular formula is C13H17N3O2. The second-order valence-corrected chi connectivity index (χ2v) is 4.69. The zero-order valence-electron chi connectivity index (χ0n) is 10.7. The van der Waals surface area contributed by atoms with Crippen molar-refractivity contribution in [2.75, 3.05) is 13.6 Å². The Labute approximate surface area is 107 Å². The smallest absolute Gasteiger partial charge is 0.241 e. The first-order valence-electron chi connectivity index (χ1n) is 6.03. The van der Waals surface area contributed by atoms with Gasteiger partial charge in [-0.05, 0) is 19.1 Å². The zero-order chi connectivity index (χ0) is 13.1. The zero-order valence-corrected chi connectivity index (χ0v) is 10.7. The molecule has 1 amide bonds. The topological polar surface area (TPSA) is 60.5 Å². The first kappa shape index (κ1) is 12.7. The van der Waals surface area contributed by atoms with Crippen molar-refractivity contribution in [3.05, 3.63) is 24.2 Å². The van der Waals surface area contributed by atoms with Gasteiger partial charge in [-0.15, -0.1) is 0 Å². The predicted molar refractivity (Wildman–Crippen MR) is 65.4 cm³/mol. The number of carbonyl (C=O) groups is 1. The summed E-state index contributed by atoms with van der Waals surface area (Å²) in [5.41, 5.74) is 0. The van der Waals surface area contributed by atoms with Gasteiger partial charge in [0.2, 0.25) is 5.91 Å². The van der Waals surface area contributed by atoms with Gasteiger partial charge in [0, 0.05) is 19.6 Å². The Kier molecular flexibility index (Phi) is 3.68. The molecule has 1 aromatic rings. The molecule has 0 spiro atoms. The van der Waals surface area contributed by atoms with Crippen LogP contribution in [0.2, 0.25) is 0 Å². The van der Waals surface area contributed by atoms with Crippen LogP contribution in [0, 0.1) is 11.3 Å². The minimum atomic E-state index is -0.360. The summed E-state index contributed by atoms with van der Waals surface area (Å²) in [5.74, 6) is 0.837. The monoisotopic (exact) mass is 247 g/mol. The second-order valence-electron chi connectivity index (χ2n) is 4.69. The van der Waals surface area contributed by atoms with Gasteiger partial charge in [-0.3, -0.25) is 9.69 Å². The summed E-state index contributed by atoms with van der Waals surface area (Å²) >= 11 is 0. The lowest BCUT2D eigenvalue weighted by Gasteiger charge is -2.41. The second kappa shape index (κ2) is 5.23. The largest absolute Gasteiger partial charge is 0.468 e. The van der Waals surface area contributed by atoms with Crippen LogP contribution in [0.15, 0.2) is 22.8 Å². The van der Waals surface area contributed by atoms with Gasteiger partial charge >= 0.3 is 0 Å². The number of nitrogens with zero attached hydrogens (tertiary/aromatic N) is 3. The lowest BCUT2D eigenvalue weighted by Crippen LogP contribution is -2.58. The van der Waals surface area contributed by atoms with Crippen LogP contribution in [0.5, 0.6) is 0 Å². The molecule has 5 heteroatoms. The summed E-state index contributed by atoms with van der Waals surface area (Å²) in [6, 6.07) is 5.60. The summed E-state index contributed by atoms with van der Waals surface area (Å²) in [5, 5.41) is 8.86. The van der Waals surface area contributed by atoms with E-state index in [0.717, 1.165) is 12.3 Å². The van der Waals surface area contributed by atoms with Crippen molar-refractivity contribution >= 4 is 5.91 Å². The third kappa shape index (κ3) is 2.39. The van der Waals surface area contributed by atoms with E-state index in [-0.39, 0.29) is 24.4 Å². The highest BCUT2D eigenvalue weighted by Gasteiger charge is 2.36. The van der Waals surface area contributed by atoms with Gasteiger partial charge in [0.05, 0.1) is 25.3 Å². The summed E-state index contributed by atoms with van der Waals surface area (Å²) in [7, 11) is 1.79. The molecule has 18 heavy (non-hydrogen) atoms. The van der Waals surface area contributed by atoms with Crippen LogP contribution in [0.3, 0.4) is 0 Å². The average Bonchev–Trinajstić information content (AvgIpc) is 2.84. The summed E-state index contributed by atoms with van der Waals surface area (Å²) in [6.45, 7) is 3.34. The fourth-order valence-corrected chi connectivity index (χ4v) is 2.28. The molecule has 2 rings (SSSR count). The minimum absolute atomic E-state index is 0.0156. The van der Waals surface area contributed by atoms with E-state index in [0.29, 0.717) is 6.54 Å². The maximum Gasteiger partial charge on any atom is 0.241 e. The number of nitriles is 1. The summed E-state index contributed by atoms with van der Waals surface area (Å²) < 4.78 is 5.31. The lowest BCUT2D eigenvalue weighted by molar-refractivity contribution is -0.143. The van der Waals surface area contributed by atoms with Crippen molar-refractivity contribution in [1.29, 1.82) is 5.26 Å². The van der Waals surface area contributed by atoms with Gasteiger partial charge in [0.15, 0.2) is 0 Å². The van der Waals surface area contributed by atoms with Gasteiger partial charge in [-0.1, -0.05) is 0 Å². The quantitative estimate of drug-likeness (QED) is 0.806. The van der Waals surface area contributed by atoms with E-state index in [1.54, 1.807) is 18.2 Å². The van der Waals surface area contributed by atoms with Gasteiger partial charge in [-0.25, -0.2) is 0 Å². The molecule has 0 aliphatic carbocycles. The first-order chi connectivity index (χ1) is 8.63. The molecule has 2 unspecified atom stereocenters. The minimum Gasteiger partial charge on any atom is -0.468 e. The van der Waals surface area contributed by atoms with E-state index in [1.807, 2.05) is 24.0 Å². The Morgan fingerprint density at radius 2 is 2.39 bits per heavy atom. The molecule has 96 valence electrons. The molecule has 5 nitrogen and oxygen atoms in total. The molecule has 2 heterocycles. The van der Waals surface area contributed by atoms with Crippen molar-refractivity contribution < 1.29 is 9.21 Å². The van der Waals surface area contributed by atoms with Crippen LogP contribution in [0.4, 0.5) is 0 Å². The molecule has 1 aromatic heterocycles. The highest BCUT2D eigenvalue weighted by molar-refractivity contribution is 5.83. The molecule has 1 aliphatic rings. The molecule has 2 atom stereocenters. The van der Waals surface area contributed by atoms with Gasteiger partial charge in [0.25, 0.3) is 0 Å². The number of hydrogen-bond acceptors (Lipinski definition) is 4. The normalized spacial score (nSPS) is 25.2. The molecular weight excluding hydrogens is 230 g/mol. The number of amides is 1. The highest BCUT2D eigenvalue weighted by atomic mass is 16.3. The number of hydrogen-bond donors (Lipinski definition) is 0. The van der Waals surface area contributed by atoms with Crippen molar-refractivity contribution in [3.63, 3.8) is 0 Å². The van der Waals surface area contributed by atoms with Crippen molar-refractivity contribution in [2.24, 2.45) is 0 Å². The number of furan rings is 1. The van der Waals surface area contributed by atoms with Crippen LogP contribution in [-0.4, -0.2) is 41.4 Å². The van der Waals surface area contributed by atoms with Crippen molar-refractivity contribution in [2.45, 2.75) is 32.0 Å². The Morgan fingerprint density at radius 1 is 1.61 bits per heavy atom. The number of rotatable bonds is 3. The van der Waals surface area contributed by atoms with Crippen LogP contribution in [0.25, 0.3) is 0 Å². The first-order valence-corrected chi connectivity index (χ1v) is 6.03. The third-order valence-corrected chi connectivity index (χ3v) is 3.46. The number of carbonyl (C=O) groups excluding carboxylic acids is 1. The van der Waals surface area contributed by atoms with Gasteiger partial charge < -0.3 is 9.32 Å². The summed E-state index contributed by atoms with van der Waals surface area (Å²) in [4.78, 5) is 15.9. The molecule has 0 saturated carbocycles. The Bertz CT molecular complexity index is 449. The molecule has 1 aliphatic heterocycles. The van der Waals surface area contributed by atoms with Crippen LogP contribution in [0.1, 0.15) is 19.1 Å². The molecule has 0 radical (unpaired) electrons. The molecule has 0 bridgehead atoms. The third-order valence-electron chi connectivity index (χ3n) is 3.46. The fraction of sp³-hybridized carbons (Fsp3) is 0.538. The number of piperazine rings is 1. The van der Waals surface area contributed by atoms with E-state index in [9.17, 15) is 4.79 Å². The highest BCUT2D eigenvalue weighted by Crippen LogP contribution is 2.20. The molecule has 0 N–H and O–H groups in total. The predicted octanol–water partition coefficient (Wildman–Crippen LogP) is 1.22. The van der Waals surface area contributed by atoms with Gasteiger partial charge in [-0.2, -0.15) is 5.26 Å². The maximum absolute atomic E-state index is 12.2. The van der Waals surface area contributed by atoms with E-state index >= 15 is 0 Å². The standard InChI is InChI=1S/C13H17N3O2/c1-10-8-16(9-11-4-3-7-18-11)12(5-6-14)13(17)15(10)2/h3-4,7,10,12H,5,8-9H2,1-2H3. The van der Waals surface area contributed by atoms with E-state index < -0.39 is 0 Å². The average molecular weight is 247 g/mol. The fourth-order valence-electron chi connectivity index (χ4n) is 2.28. The van der Waals surface area contributed by atoms with Crippen LogP contribution < -0.4 is 0 Å².